The Bertz CT molecular complexity index is 530. The zero-order valence-electron chi connectivity index (χ0n) is 16.0. The van der Waals surface area contributed by atoms with Crippen LogP contribution in [0.4, 0.5) is 0 Å². The highest BCUT2D eigenvalue weighted by Crippen LogP contribution is 2.03. The van der Waals surface area contributed by atoms with E-state index in [-0.39, 0.29) is 29.9 Å². The molecule has 142 valence electrons. The van der Waals surface area contributed by atoms with Gasteiger partial charge in [-0.1, -0.05) is 29.8 Å². The molecule has 5 nitrogen and oxygen atoms in total. The van der Waals surface area contributed by atoms with E-state index in [1.807, 2.05) is 25.7 Å². The van der Waals surface area contributed by atoms with Gasteiger partial charge >= 0.3 is 0 Å². The van der Waals surface area contributed by atoms with Crippen molar-refractivity contribution in [2.45, 2.75) is 40.5 Å². The molecule has 0 fully saturated rings. The van der Waals surface area contributed by atoms with Gasteiger partial charge in [0.1, 0.15) is 0 Å². The fourth-order valence-electron chi connectivity index (χ4n) is 2.53. The van der Waals surface area contributed by atoms with Gasteiger partial charge in [-0.25, -0.2) is 0 Å². The number of hydrogen-bond acceptors (Lipinski definition) is 2. The van der Waals surface area contributed by atoms with E-state index in [2.05, 4.69) is 46.8 Å². The summed E-state index contributed by atoms with van der Waals surface area (Å²) < 4.78 is 0. The molecule has 0 aliphatic rings. The van der Waals surface area contributed by atoms with E-state index in [1.54, 1.807) is 0 Å². The maximum absolute atomic E-state index is 12.0. The van der Waals surface area contributed by atoms with Crippen molar-refractivity contribution < 1.29 is 4.79 Å². The molecule has 0 spiro atoms. The number of hydrogen-bond donors (Lipinski definition) is 2. The first-order valence-corrected chi connectivity index (χ1v) is 8.96. The number of guanidine groups is 1. The summed E-state index contributed by atoms with van der Waals surface area (Å²) in [6.07, 6.45) is 1.40. The van der Waals surface area contributed by atoms with Gasteiger partial charge in [-0.3, -0.25) is 9.79 Å². The number of nitrogens with one attached hydrogen (secondary N) is 2. The summed E-state index contributed by atoms with van der Waals surface area (Å²) in [5.74, 6) is 0.942. The van der Waals surface area contributed by atoms with Crippen LogP contribution < -0.4 is 10.6 Å². The van der Waals surface area contributed by atoms with Crippen molar-refractivity contribution in [3.63, 3.8) is 0 Å². The summed E-state index contributed by atoms with van der Waals surface area (Å²) in [6.45, 7) is 11.8. The van der Waals surface area contributed by atoms with E-state index in [4.69, 9.17) is 0 Å². The number of aliphatic imine (C=N–C) groups is 1. The van der Waals surface area contributed by atoms with Crippen LogP contribution in [0.2, 0.25) is 0 Å². The highest BCUT2D eigenvalue weighted by molar-refractivity contribution is 14.0. The summed E-state index contributed by atoms with van der Waals surface area (Å²) in [6, 6.07) is 8.54. The van der Waals surface area contributed by atoms with Gasteiger partial charge in [0.2, 0.25) is 5.91 Å². The number of halogens is 1. The molecular formula is C19H33IN4O. The highest BCUT2D eigenvalue weighted by Gasteiger charge is 2.08. The number of aryl methyl sites for hydroxylation is 1. The summed E-state index contributed by atoms with van der Waals surface area (Å²) in [4.78, 5) is 18.3. The van der Waals surface area contributed by atoms with E-state index in [1.165, 1.54) is 11.1 Å². The Balaban J connectivity index is 0.00000576. The number of nitrogens with zero attached hydrogens (tertiary/aromatic N) is 2. The van der Waals surface area contributed by atoms with Crippen LogP contribution in [0.25, 0.3) is 0 Å². The fraction of sp³-hybridized carbons (Fsp3) is 0.579. The molecule has 25 heavy (non-hydrogen) atoms. The molecule has 1 rings (SSSR count). The van der Waals surface area contributed by atoms with Crippen molar-refractivity contribution in [1.82, 2.24) is 15.5 Å². The molecule has 0 bridgehead atoms. The number of rotatable bonds is 9. The molecule has 0 aliphatic carbocycles. The van der Waals surface area contributed by atoms with Crippen molar-refractivity contribution in [2.24, 2.45) is 4.99 Å². The lowest BCUT2D eigenvalue weighted by Crippen LogP contribution is -2.38. The Morgan fingerprint density at radius 2 is 1.88 bits per heavy atom. The van der Waals surface area contributed by atoms with Crippen molar-refractivity contribution in [1.29, 1.82) is 0 Å². The van der Waals surface area contributed by atoms with Gasteiger partial charge in [0.15, 0.2) is 5.96 Å². The summed E-state index contributed by atoms with van der Waals surface area (Å²) in [7, 11) is 0. The Morgan fingerprint density at radius 3 is 2.48 bits per heavy atom. The molecule has 0 saturated heterocycles. The predicted octanol–water partition coefficient (Wildman–Crippen LogP) is 2.97. The molecule has 6 heteroatoms. The second kappa shape index (κ2) is 13.9. The lowest BCUT2D eigenvalue weighted by atomic mass is 10.1. The van der Waals surface area contributed by atoms with Gasteiger partial charge < -0.3 is 15.5 Å². The monoisotopic (exact) mass is 460 g/mol. The molecule has 0 heterocycles. The third-order valence-electron chi connectivity index (χ3n) is 3.84. The molecule has 0 radical (unpaired) electrons. The van der Waals surface area contributed by atoms with E-state index in [0.717, 1.165) is 38.6 Å². The van der Waals surface area contributed by atoms with Crippen LogP contribution in [-0.2, 0) is 11.2 Å². The average molecular weight is 460 g/mol. The van der Waals surface area contributed by atoms with Crippen molar-refractivity contribution in [3.05, 3.63) is 35.4 Å². The van der Waals surface area contributed by atoms with Crippen LogP contribution in [0.5, 0.6) is 0 Å². The topological polar surface area (TPSA) is 56.7 Å². The minimum Gasteiger partial charge on any atom is -0.357 e. The largest absolute Gasteiger partial charge is 0.357 e. The zero-order chi connectivity index (χ0) is 17.8. The van der Waals surface area contributed by atoms with Crippen LogP contribution in [0, 0.1) is 6.92 Å². The van der Waals surface area contributed by atoms with Gasteiger partial charge in [-0.15, -0.1) is 24.0 Å². The average Bonchev–Trinajstić information content (AvgIpc) is 2.56. The number of carbonyl (C=O) groups excluding carboxylic acids is 1. The SMILES string of the molecule is CCNC(=NCCC(=O)N(CC)CC)NCCc1cccc(C)c1.I. The smallest absolute Gasteiger partial charge is 0.224 e. The van der Waals surface area contributed by atoms with Crippen molar-refractivity contribution >= 4 is 35.8 Å². The molecule has 0 aliphatic heterocycles. The highest BCUT2D eigenvalue weighted by atomic mass is 127. The summed E-state index contributed by atoms with van der Waals surface area (Å²) in [5, 5.41) is 6.56. The maximum Gasteiger partial charge on any atom is 0.224 e. The molecule has 1 aromatic carbocycles. The molecule has 1 aromatic rings. The Morgan fingerprint density at radius 1 is 1.16 bits per heavy atom. The number of benzene rings is 1. The molecule has 0 saturated carbocycles. The predicted molar refractivity (Wildman–Crippen MR) is 117 cm³/mol. The van der Waals surface area contributed by atoms with Crippen molar-refractivity contribution in [3.8, 4) is 0 Å². The van der Waals surface area contributed by atoms with E-state index < -0.39 is 0 Å². The fourth-order valence-corrected chi connectivity index (χ4v) is 2.53. The standard InChI is InChI=1S/C19H32N4O.HI/c1-5-20-19(22-14-12-18(24)23(6-2)7-3)21-13-11-17-10-8-9-16(4)15-17;/h8-10,15H,5-7,11-14H2,1-4H3,(H2,20,21,22);1H. The van der Waals surface area contributed by atoms with Gasteiger partial charge in [-0.05, 0) is 39.7 Å². The first-order valence-electron chi connectivity index (χ1n) is 8.96. The minimum atomic E-state index is 0. The third kappa shape index (κ3) is 9.67. The maximum atomic E-state index is 12.0. The Hall–Kier alpha value is -1.31. The van der Waals surface area contributed by atoms with Gasteiger partial charge in [0.25, 0.3) is 0 Å². The molecule has 0 unspecified atom stereocenters. The van der Waals surface area contributed by atoms with E-state index >= 15 is 0 Å². The number of amides is 1. The summed E-state index contributed by atoms with van der Waals surface area (Å²) in [5.41, 5.74) is 2.60. The van der Waals surface area contributed by atoms with Crippen LogP contribution in [0.15, 0.2) is 29.3 Å². The second-order valence-electron chi connectivity index (χ2n) is 5.74. The molecule has 2 N–H and O–H groups in total. The Kier molecular flexibility index (Phi) is 13.2. The zero-order valence-corrected chi connectivity index (χ0v) is 18.3. The minimum absolute atomic E-state index is 0. The van der Waals surface area contributed by atoms with E-state index in [0.29, 0.717) is 13.0 Å². The summed E-state index contributed by atoms with van der Waals surface area (Å²) >= 11 is 0. The molecular weight excluding hydrogens is 427 g/mol. The van der Waals surface area contributed by atoms with Crippen molar-refractivity contribution in [2.75, 3.05) is 32.7 Å². The normalized spacial score (nSPS) is 10.8. The first-order chi connectivity index (χ1) is 11.6. The Labute approximate surface area is 169 Å². The molecule has 0 atom stereocenters. The van der Waals surface area contributed by atoms with Gasteiger partial charge in [0.05, 0.1) is 6.54 Å². The van der Waals surface area contributed by atoms with Gasteiger partial charge in [0, 0.05) is 32.6 Å². The quantitative estimate of drug-likeness (QED) is 0.339. The second-order valence-corrected chi connectivity index (χ2v) is 5.74. The first kappa shape index (κ1) is 23.7. The van der Waals surface area contributed by atoms with E-state index in [9.17, 15) is 4.79 Å². The molecule has 1 amide bonds. The van der Waals surface area contributed by atoms with Gasteiger partial charge in [-0.2, -0.15) is 0 Å². The van der Waals surface area contributed by atoms with Crippen LogP contribution in [0.1, 0.15) is 38.3 Å². The van der Waals surface area contributed by atoms with Crippen LogP contribution in [0.3, 0.4) is 0 Å². The third-order valence-corrected chi connectivity index (χ3v) is 3.84. The van der Waals surface area contributed by atoms with Crippen LogP contribution in [-0.4, -0.2) is 49.5 Å². The number of carbonyl (C=O) groups is 1. The van der Waals surface area contributed by atoms with Crippen LogP contribution >= 0.6 is 24.0 Å². The lowest BCUT2D eigenvalue weighted by molar-refractivity contribution is -0.130. The molecule has 0 aromatic heterocycles. The lowest BCUT2D eigenvalue weighted by Gasteiger charge is -2.18.